The lowest BCUT2D eigenvalue weighted by Gasteiger charge is -2.29. The summed E-state index contributed by atoms with van der Waals surface area (Å²) in [5.74, 6) is -1.02. The Bertz CT molecular complexity index is 497. The number of piperidine rings is 1. The van der Waals surface area contributed by atoms with Gasteiger partial charge in [0.25, 0.3) is 0 Å². The summed E-state index contributed by atoms with van der Waals surface area (Å²) in [6, 6.07) is 0.0687. The van der Waals surface area contributed by atoms with Crippen molar-refractivity contribution in [3.8, 4) is 0 Å². The molecule has 1 aromatic heterocycles. The van der Waals surface area contributed by atoms with Gasteiger partial charge in [-0.05, 0) is 33.0 Å². The molecule has 3 N–H and O–H groups in total. The van der Waals surface area contributed by atoms with Crippen LogP contribution in [0.25, 0.3) is 0 Å². The molecule has 1 saturated heterocycles. The van der Waals surface area contributed by atoms with Crippen LogP contribution < -0.4 is 10.6 Å². The van der Waals surface area contributed by atoms with Gasteiger partial charge in [-0.25, -0.2) is 14.6 Å². The van der Waals surface area contributed by atoms with E-state index >= 15 is 0 Å². The third-order valence-electron chi connectivity index (χ3n) is 3.45. The van der Waals surface area contributed by atoms with Crippen LogP contribution in [0.2, 0.25) is 0 Å². The number of amides is 2. The van der Waals surface area contributed by atoms with Crippen molar-refractivity contribution in [1.29, 1.82) is 0 Å². The first-order chi connectivity index (χ1) is 10.0. The van der Waals surface area contributed by atoms with Crippen LogP contribution in [0.3, 0.4) is 0 Å². The van der Waals surface area contributed by atoms with Crippen molar-refractivity contribution in [3.05, 3.63) is 16.1 Å². The van der Waals surface area contributed by atoms with Gasteiger partial charge in [-0.1, -0.05) is 0 Å². The Morgan fingerprint density at radius 1 is 1.48 bits per heavy atom. The van der Waals surface area contributed by atoms with Gasteiger partial charge < -0.3 is 20.6 Å². The van der Waals surface area contributed by atoms with Crippen molar-refractivity contribution < 1.29 is 14.7 Å². The van der Waals surface area contributed by atoms with Crippen molar-refractivity contribution >= 4 is 23.3 Å². The van der Waals surface area contributed by atoms with Crippen LogP contribution in [0.5, 0.6) is 0 Å². The Labute approximate surface area is 127 Å². The number of carbonyl (C=O) groups excluding carboxylic acids is 1. The summed E-state index contributed by atoms with van der Waals surface area (Å²) >= 11 is 1.30. The maximum absolute atomic E-state index is 11.7. The predicted octanol–water partition coefficient (Wildman–Crippen LogP) is 0.777. The number of urea groups is 1. The smallest absolute Gasteiger partial charge is 0.355 e. The molecular formula is C13H20N4O3S. The van der Waals surface area contributed by atoms with Gasteiger partial charge in [0.2, 0.25) is 0 Å². The Morgan fingerprint density at radius 3 is 2.81 bits per heavy atom. The summed E-state index contributed by atoms with van der Waals surface area (Å²) in [6.07, 6.45) is 2.48. The molecular weight excluding hydrogens is 292 g/mol. The fourth-order valence-corrected chi connectivity index (χ4v) is 2.97. The third-order valence-corrected chi connectivity index (χ3v) is 4.36. The minimum Gasteiger partial charge on any atom is -0.476 e. The van der Waals surface area contributed by atoms with E-state index in [1.165, 1.54) is 16.7 Å². The largest absolute Gasteiger partial charge is 0.476 e. The number of hydrogen-bond acceptors (Lipinski definition) is 5. The van der Waals surface area contributed by atoms with Gasteiger partial charge in [-0.2, -0.15) is 0 Å². The van der Waals surface area contributed by atoms with Crippen LogP contribution >= 0.6 is 11.3 Å². The molecule has 116 valence electrons. The minimum atomic E-state index is -1.02. The molecule has 0 saturated carbocycles. The molecule has 1 aliphatic rings. The summed E-state index contributed by atoms with van der Waals surface area (Å²) in [7, 11) is 2.08. The van der Waals surface area contributed by atoms with Crippen molar-refractivity contribution in [2.75, 3.05) is 26.7 Å². The molecule has 2 rings (SSSR count). The normalized spacial score (nSPS) is 16.6. The second-order valence-corrected chi connectivity index (χ2v) is 6.10. The summed E-state index contributed by atoms with van der Waals surface area (Å²) in [4.78, 5) is 28.7. The van der Waals surface area contributed by atoms with Crippen LogP contribution in [0.15, 0.2) is 5.38 Å². The van der Waals surface area contributed by atoms with Gasteiger partial charge in [-0.3, -0.25) is 0 Å². The average molecular weight is 312 g/mol. The zero-order valence-corrected chi connectivity index (χ0v) is 12.8. The standard InChI is InChI=1S/C13H20N4O3S/c1-17-6-3-9(4-7-17)15-13(20)14-5-2-11-16-10(8-21-11)12(18)19/h8-9H,2-7H2,1H3,(H,18,19)(H2,14,15,20). The molecule has 2 heterocycles. The number of aromatic carboxylic acids is 1. The zero-order chi connectivity index (χ0) is 15.2. The van der Waals surface area contributed by atoms with E-state index in [0.717, 1.165) is 25.9 Å². The highest BCUT2D eigenvalue weighted by molar-refractivity contribution is 7.09. The van der Waals surface area contributed by atoms with E-state index in [2.05, 4.69) is 27.6 Å². The first-order valence-electron chi connectivity index (χ1n) is 6.95. The number of carboxylic acid groups (broad SMARTS) is 1. The second-order valence-electron chi connectivity index (χ2n) is 5.16. The number of carbonyl (C=O) groups is 2. The highest BCUT2D eigenvalue weighted by Crippen LogP contribution is 2.10. The molecule has 2 amide bonds. The van der Waals surface area contributed by atoms with Crippen LogP contribution in [0.4, 0.5) is 4.79 Å². The fraction of sp³-hybridized carbons (Fsp3) is 0.615. The Hall–Kier alpha value is -1.67. The molecule has 1 aliphatic heterocycles. The SMILES string of the molecule is CN1CCC(NC(=O)NCCc2nc(C(=O)O)cs2)CC1. The molecule has 0 bridgehead atoms. The van der Waals surface area contributed by atoms with E-state index in [-0.39, 0.29) is 17.8 Å². The molecule has 21 heavy (non-hydrogen) atoms. The highest BCUT2D eigenvalue weighted by atomic mass is 32.1. The third kappa shape index (κ3) is 4.98. The van der Waals surface area contributed by atoms with Gasteiger partial charge in [0.15, 0.2) is 5.69 Å². The van der Waals surface area contributed by atoms with E-state index in [0.29, 0.717) is 18.0 Å². The number of carboxylic acids is 1. The first-order valence-corrected chi connectivity index (χ1v) is 7.83. The van der Waals surface area contributed by atoms with E-state index in [1.807, 2.05) is 0 Å². The average Bonchev–Trinajstić information content (AvgIpc) is 2.90. The number of nitrogens with zero attached hydrogens (tertiary/aromatic N) is 2. The molecule has 0 spiro atoms. The lowest BCUT2D eigenvalue weighted by molar-refractivity contribution is 0.0691. The number of hydrogen-bond donors (Lipinski definition) is 3. The Morgan fingerprint density at radius 2 is 2.19 bits per heavy atom. The zero-order valence-electron chi connectivity index (χ0n) is 12.0. The predicted molar refractivity (Wildman–Crippen MR) is 79.8 cm³/mol. The molecule has 0 radical (unpaired) electrons. The van der Waals surface area contributed by atoms with Crippen LogP contribution in [-0.4, -0.2) is 59.7 Å². The summed E-state index contributed by atoms with van der Waals surface area (Å²) in [5, 5.41) is 16.7. The van der Waals surface area contributed by atoms with Gasteiger partial charge in [0.05, 0.1) is 5.01 Å². The topological polar surface area (TPSA) is 94.6 Å². The lowest BCUT2D eigenvalue weighted by Crippen LogP contribution is -2.47. The number of thiazole rings is 1. The fourth-order valence-electron chi connectivity index (χ4n) is 2.20. The van der Waals surface area contributed by atoms with Gasteiger partial charge in [0, 0.05) is 24.4 Å². The van der Waals surface area contributed by atoms with E-state index in [4.69, 9.17) is 5.11 Å². The molecule has 0 aliphatic carbocycles. The van der Waals surface area contributed by atoms with Crippen LogP contribution in [0.1, 0.15) is 28.3 Å². The summed E-state index contributed by atoms with van der Waals surface area (Å²) in [5.41, 5.74) is 0.0609. The second kappa shape index (κ2) is 7.37. The van der Waals surface area contributed by atoms with Gasteiger partial charge in [-0.15, -0.1) is 11.3 Å². The summed E-state index contributed by atoms with van der Waals surface area (Å²) < 4.78 is 0. The number of rotatable bonds is 5. The Balaban J connectivity index is 1.65. The molecule has 0 unspecified atom stereocenters. The number of likely N-dealkylation sites (tertiary alicyclic amines) is 1. The van der Waals surface area contributed by atoms with E-state index in [1.54, 1.807) is 0 Å². The van der Waals surface area contributed by atoms with Crippen LogP contribution in [-0.2, 0) is 6.42 Å². The maximum Gasteiger partial charge on any atom is 0.355 e. The van der Waals surface area contributed by atoms with Crippen molar-refractivity contribution in [2.45, 2.75) is 25.3 Å². The lowest BCUT2D eigenvalue weighted by atomic mass is 10.1. The number of nitrogens with one attached hydrogen (secondary N) is 2. The van der Waals surface area contributed by atoms with E-state index < -0.39 is 5.97 Å². The number of aromatic nitrogens is 1. The van der Waals surface area contributed by atoms with Gasteiger partial charge in [0.1, 0.15) is 0 Å². The van der Waals surface area contributed by atoms with Crippen LogP contribution in [0, 0.1) is 0 Å². The Kier molecular flexibility index (Phi) is 5.51. The molecule has 7 nitrogen and oxygen atoms in total. The molecule has 0 atom stereocenters. The van der Waals surface area contributed by atoms with Crippen molar-refractivity contribution in [2.24, 2.45) is 0 Å². The maximum atomic E-state index is 11.7. The quantitative estimate of drug-likeness (QED) is 0.747. The minimum absolute atomic E-state index is 0.0609. The van der Waals surface area contributed by atoms with Gasteiger partial charge >= 0.3 is 12.0 Å². The van der Waals surface area contributed by atoms with Crippen molar-refractivity contribution in [3.63, 3.8) is 0 Å². The van der Waals surface area contributed by atoms with E-state index in [9.17, 15) is 9.59 Å². The highest BCUT2D eigenvalue weighted by Gasteiger charge is 2.18. The molecule has 1 fully saturated rings. The van der Waals surface area contributed by atoms with Crippen molar-refractivity contribution in [1.82, 2.24) is 20.5 Å². The molecule has 0 aromatic carbocycles. The molecule has 8 heteroatoms. The monoisotopic (exact) mass is 312 g/mol. The summed E-state index contributed by atoms with van der Waals surface area (Å²) in [6.45, 7) is 2.45. The first kappa shape index (κ1) is 15.7. The molecule has 1 aromatic rings.